The lowest BCUT2D eigenvalue weighted by Gasteiger charge is -2.32. The molecule has 4 aromatic rings. The topological polar surface area (TPSA) is 98.6 Å². The van der Waals surface area contributed by atoms with Gasteiger partial charge in [-0.25, -0.2) is 9.97 Å². The van der Waals surface area contributed by atoms with Crippen molar-refractivity contribution in [1.29, 1.82) is 0 Å². The molecule has 5 rings (SSSR count). The first kappa shape index (κ1) is 20.1. The second kappa shape index (κ2) is 8.39. The van der Waals surface area contributed by atoms with E-state index >= 15 is 0 Å². The molecule has 162 valence electrons. The highest BCUT2D eigenvalue weighted by Gasteiger charge is 2.27. The molecule has 0 aromatic carbocycles. The van der Waals surface area contributed by atoms with Crippen LogP contribution in [0.4, 0.5) is 5.82 Å². The molecule has 0 spiro atoms. The Labute approximate surface area is 185 Å². The second-order valence-corrected chi connectivity index (χ2v) is 7.89. The minimum absolute atomic E-state index is 0.0663. The summed E-state index contributed by atoms with van der Waals surface area (Å²) in [7, 11) is 0. The van der Waals surface area contributed by atoms with Crippen molar-refractivity contribution in [2.24, 2.45) is 0 Å². The zero-order valence-corrected chi connectivity index (χ0v) is 17.8. The summed E-state index contributed by atoms with van der Waals surface area (Å²) in [4.78, 5) is 28.2. The molecular weight excluding hydrogens is 404 g/mol. The largest absolute Gasteiger partial charge is 0.384 e. The third-order valence-electron chi connectivity index (χ3n) is 5.80. The van der Waals surface area contributed by atoms with E-state index in [4.69, 9.17) is 10.5 Å². The summed E-state index contributed by atoms with van der Waals surface area (Å²) in [6.45, 7) is 3.47. The number of nitrogens with two attached hydrogens (primary N) is 1. The van der Waals surface area contributed by atoms with Crippen molar-refractivity contribution in [1.82, 2.24) is 24.3 Å². The summed E-state index contributed by atoms with van der Waals surface area (Å²) in [5, 5.41) is 0. The first-order chi connectivity index (χ1) is 15.6. The van der Waals surface area contributed by atoms with E-state index in [-0.39, 0.29) is 12.0 Å². The number of amides is 1. The molecule has 2 N–H and O–H groups in total. The summed E-state index contributed by atoms with van der Waals surface area (Å²) in [6.07, 6.45) is 5.53. The minimum Gasteiger partial charge on any atom is -0.384 e. The number of ether oxygens (including phenoxy) is 1. The molecule has 0 unspecified atom stereocenters. The Morgan fingerprint density at radius 2 is 1.94 bits per heavy atom. The molecule has 8 heteroatoms. The molecular formula is C24H24N6O2. The van der Waals surface area contributed by atoms with E-state index < -0.39 is 0 Å². The molecule has 5 heterocycles. The second-order valence-electron chi connectivity index (χ2n) is 7.89. The van der Waals surface area contributed by atoms with Crippen LogP contribution in [0.15, 0.2) is 61.1 Å². The number of rotatable bonds is 4. The van der Waals surface area contributed by atoms with Crippen molar-refractivity contribution in [3.8, 4) is 11.1 Å². The Morgan fingerprint density at radius 3 is 2.69 bits per heavy atom. The number of hydrogen-bond acceptors (Lipinski definition) is 6. The van der Waals surface area contributed by atoms with Crippen molar-refractivity contribution in [3.63, 3.8) is 0 Å². The number of aryl methyl sites for hydroxylation is 1. The van der Waals surface area contributed by atoms with Crippen molar-refractivity contribution in [2.45, 2.75) is 19.4 Å². The van der Waals surface area contributed by atoms with Crippen LogP contribution in [0.5, 0.6) is 0 Å². The van der Waals surface area contributed by atoms with Crippen molar-refractivity contribution >= 4 is 17.4 Å². The molecule has 1 aliphatic rings. The van der Waals surface area contributed by atoms with Gasteiger partial charge < -0.3 is 19.8 Å². The summed E-state index contributed by atoms with van der Waals surface area (Å²) in [5.74, 6) is 0.550. The Bertz CT molecular complexity index is 1250. The summed E-state index contributed by atoms with van der Waals surface area (Å²) >= 11 is 0. The standard InChI is InChI=1S/C24H24N6O2/c1-16-20(30-9-3-2-4-23(30)28-16)12-24(31)29-10-11-32-21(15-29)19-7-5-17(13-26-19)18-6-8-22(25)27-14-18/h2-9,13-14,21H,10-12,15H2,1H3,(H2,25,27)/t21-/m0/s1. The fourth-order valence-corrected chi connectivity index (χ4v) is 4.03. The van der Waals surface area contributed by atoms with E-state index in [1.807, 2.05) is 58.8 Å². The molecule has 1 fully saturated rings. The number of aromatic nitrogens is 4. The van der Waals surface area contributed by atoms with Crippen LogP contribution in [0.2, 0.25) is 0 Å². The van der Waals surface area contributed by atoms with Crippen LogP contribution in [0.3, 0.4) is 0 Å². The number of carbonyl (C=O) groups is 1. The maximum atomic E-state index is 13.1. The number of nitrogens with zero attached hydrogens (tertiary/aromatic N) is 5. The van der Waals surface area contributed by atoms with Crippen LogP contribution in [-0.4, -0.2) is 49.9 Å². The van der Waals surface area contributed by atoms with Crippen LogP contribution in [0.25, 0.3) is 16.8 Å². The highest BCUT2D eigenvalue weighted by molar-refractivity contribution is 5.79. The molecule has 0 aliphatic carbocycles. The van der Waals surface area contributed by atoms with Crippen LogP contribution in [0, 0.1) is 6.92 Å². The lowest BCUT2D eigenvalue weighted by molar-refractivity contribution is -0.138. The van der Waals surface area contributed by atoms with Crippen LogP contribution in [0.1, 0.15) is 23.2 Å². The number of nitrogen functional groups attached to an aromatic ring is 1. The van der Waals surface area contributed by atoms with Crippen molar-refractivity contribution < 1.29 is 9.53 Å². The van der Waals surface area contributed by atoms with Crippen LogP contribution < -0.4 is 5.73 Å². The van der Waals surface area contributed by atoms with Gasteiger partial charge in [0.15, 0.2) is 0 Å². The monoisotopic (exact) mass is 428 g/mol. The smallest absolute Gasteiger partial charge is 0.228 e. The molecule has 0 radical (unpaired) electrons. The number of imidazole rings is 1. The molecule has 1 saturated heterocycles. The normalized spacial score (nSPS) is 16.4. The number of anilines is 1. The minimum atomic E-state index is -0.255. The van der Waals surface area contributed by atoms with Gasteiger partial charge in [0, 0.05) is 36.3 Å². The number of morpholine rings is 1. The molecule has 4 aromatic heterocycles. The Morgan fingerprint density at radius 1 is 1.12 bits per heavy atom. The summed E-state index contributed by atoms with van der Waals surface area (Å²) in [5.41, 5.74) is 11.0. The van der Waals surface area contributed by atoms with E-state index in [1.54, 1.807) is 18.5 Å². The SMILES string of the molecule is Cc1nc2ccccn2c1CC(=O)N1CCO[C@H](c2ccc(-c3ccc(N)nc3)cn2)C1. The highest BCUT2D eigenvalue weighted by atomic mass is 16.5. The molecule has 1 aliphatic heterocycles. The van der Waals surface area contributed by atoms with E-state index in [2.05, 4.69) is 15.0 Å². The average Bonchev–Trinajstić information content (AvgIpc) is 3.14. The average molecular weight is 428 g/mol. The molecule has 0 bridgehead atoms. The van der Waals surface area contributed by atoms with Gasteiger partial charge in [0.25, 0.3) is 0 Å². The Kier molecular flexibility index (Phi) is 5.28. The van der Waals surface area contributed by atoms with Gasteiger partial charge in [-0.15, -0.1) is 0 Å². The first-order valence-corrected chi connectivity index (χ1v) is 10.6. The van der Waals surface area contributed by atoms with Gasteiger partial charge in [0.1, 0.15) is 17.6 Å². The van der Waals surface area contributed by atoms with E-state index in [0.717, 1.165) is 33.9 Å². The fourth-order valence-electron chi connectivity index (χ4n) is 4.03. The third-order valence-corrected chi connectivity index (χ3v) is 5.80. The van der Waals surface area contributed by atoms with Crippen LogP contribution >= 0.6 is 0 Å². The van der Waals surface area contributed by atoms with Gasteiger partial charge >= 0.3 is 0 Å². The lowest BCUT2D eigenvalue weighted by Crippen LogP contribution is -2.43. The van der Waals surface area contributed by atoms with Gasteiger partial charge in [-0.1, -0.05) is 12.1 Å². The van der Waals surface area contributed by atoms with Crippen molar-refractivity contribution in [2.75, 3.05) is 25.4 Å². The van der Waals surface area contributed by atoms with Gasteiger partial charge in [0.05, 0.1) is 36.7 Å². The Balaban J connectivity index is 1.29. The molecule has 1 amide bonds. The van der Waals surface area contributed by atoms with Gasteiger partial charge in [-0.2, -0.15) is 0 Å². The molecule has 1 atom stereocenters. The molecule has 8 nitrogen and oxygen atoms in total. The van der Waals surface area contributed by atoms with Gasteiger partial charge in [-0.3, -0.25) is 9.78 Å². The zero-order valence-electron chi connectivity index (χ0n) is 17.8. The summed E-state index contributed by atoms with van der Waals surface area (Å²) in [6, 6.07) is 13.5. The molecule has 32 heavy (non-hydrogen) atoms. The highest BCUT2D eigenvalue weighted by Crippen LogP contribution is 2.25. The van der Waals surface area contributed by atoms with Gasteiger partial charge in [-0.05, 0) is 37.3 Å². The number of carbonyl (C=O) groups excluding carboxylic acids is 1. The van der Waals surface area contributed by atoms with E-state index in [0.29, 0.717) is 31.9 Å². The van der Waals surface area contributed by atoms with Gasteiger partial charge in [0.2, 0.25) is 5.91 Å². The lowest BCUT2D eigenvalue weighted by atomic mass is 10.1. The first-order valence-electron chi connectivity index (χ1n) is 10.6. The van der Waals surface area contributed by atoms with Crippen molar-refractivity contribution in [3.05, 3.63) is 78.1 Å². The predicted octanol–water partition coefficient (Wildman–Crippen LogP) is 2.82. The number of hydrogen-bond donors (Lipinski definition) is 1. The third kappa shape index (κ3) is 3.92. The zero-order chi connectivity index (χ0) is 22.1. The van der Waals surface area contributed by atoms with E-state index in [1.165, 1.54) is 0 Å². The maximum Gasteiger partial charge on any atom is 0.228 e. The summed E-state index contributed by atoms with van der Waals surface area (Å²) < 4.78 is 7.92. The molecule has 0 saturated carbocycles. The quantitative estimate of drug-likeness (QED) is 0.537. The number of fused-ring (bicyclic) bond motifs is 1. The maximum absolute atomic E-state index is 13.1. The van der Waals surface area contributed by atoms with E-state index in [9.17, 15) is 4.79 Å². The Hall–Kier alpha value is -3.78. The fraction of sp³-hybridized carbons (Fsp3) is 0.250. The van der Waals surface area contributed by atoms with Crippen LogP contribution in [-0.2, 0) is 16.0 Å². The predicted molar refractivity (Wildman–Crippen MR) is 121 cm³/mol. The number of pyridine rings is 3.